The Morgan fingerprint density at radius 1 is 1.05 bits per heavy atom. The first-order valence-corrected chi connectivity index (χ1v) is 7.77. The van der Waals surface area contributed by atoms with Crippen LogP contribution in [-0.4, -0.2) is 16.0 Å². The van der Waals surface area contributed by atoms with E-state index in [0.717, 1.165) is 22.5 Å². The van der Waals surface area contributed by atoms with Crippen LogP contribution in [0.4, 0.5) is 5.82 Å². The number of hydrogen-bond donors (Lipinski definition) is 1. The number of para-hydroxylation sites is 1. The van der Waals surface area contributed by atoms with E-state index in [0.29, 0.717) is 12.0 Å². The Hall–Kier alpha value is -1.64. The van der Waals surface area contributed by atoms with Gasteiger partial charge in [-0.25, -0.2) is 9.97 Å². The number of fused-ring (bicyclic) bond motifs is 1. The summed E-state index contributed by atoms with van der Waals surface area (Å²) < 4.78 is 0. The summed E-state index contributed by atoms with van der Waals surface area (Å²) in [5, 5.41) is 4.81. The molecule has 0 radical (unpaired) electrons. The fourth-order valence-corrected chi connectivity index (χ4v) is 2.90. The monoisotopic (exact) mass is 269 g/mol. The van der Waals surface area contributed by atoms with Crippen molar-refractivity contribution in [1.82, 2.24) is 9.97 Å². The van der Waals surface area contributed by atoms with Gasteiger partial charge in [-0.3, -0.25) is 0 Å². The van der Waals surface area contributed by atoms with E-state index in [1.54, 1.807) is 0 Å². The molecule has 1 fully saturated rings. The highest BCUT2D eigenvalue weighted by atomic mass is 15.1. The van der Waals surface area contributed by atoms with E-state index < -0.39 is 0 Å². The summed E-state index contributed by atoms with van der Waals surface area (Å²) in [7, 11) is 0. The van der Waals surface area contributed by atoms with E-state index >= 15 is 0 Å². The zero-order valence-corrected chi connectivity index (χ0v) is 12.4. The van der Waals surface area contributed by atoms with Gasteiger partial charge in [-0.05, 0) is 25.0 Å². The van der Waals surface area contributed by atoms with Gasteiger partial charge in [0.2, 0.25) is 0 Å². The number of rotatable bonds is 3. The Morgan fingerprint density at radius 3 is 2.55 bits per heavy atom. The molecule has 0 atom stereocenters. The summed E-state index contributed by atoms with van der Waals surface area (Å²) >= 11 is 0. The molecule has 3 heteroatoms. The molecule has 1 saturated carbocycles. The third-order valence-electron chi connectivity index (χ3n) is 4.08. The van der Waals surface area contributed by atoms with Crippen molar-refractivity contribution in [3.05, 3.63) is 30.1 Å². The molecule has 3 rings (SSSR count). The zero-order chi connectivity index (χ0) is 13.9. The molecule has 0 bridgehead atoms. The molecule has 106 valence electrons. The van der Waals surface area contributed by atoms with Gasteiger partial charge in [0.15, 0.2) is 0 Å². The molecule has 20 heavy (non-hydrogen) atoms. The van der Waals surface area contributed by atoms with E-state index in [9.17, 15) is 0 Å². The van der Waals surface area contributed by atoms with Crippen molar-refractivity contribution in [3.8, 4) is 0 Å². The Morgan fingerprint density at radius 2 is 1.80 bits per heavy atom. The second-order valence-corrected chi connectivity index (χ2v) is 6.08. The second kappa shape index (κ2) is 5.78. The number of anilines is 1. The van der Waals surface area contributed by atoms with Crippen molar-refractivity contribution < 1.29 is 0 Å². The summed E-state index contributed by atoms with van der Waals surface area (Å²) in [5.74, 6) is 2.31. The summed E-state index contributed by atoms with van der Waals surface area (Å²) in [6.45, 7) is 4.29. The fourth-order valence-electron chi connectivity index (χ4n) is 2.90. The molecule has 0 unspecified atom stereocenters. The third kappa shape index (κ3) is 2.77. The molecule has 1 aromatic heterocycles. The van der Waals surface area contributed by atoms with Crippen molar-refractivity contribution >= 4 is 16.7 Å². The van der Waals surface area contributed by atoms with E-state index in [4.69, 9.17) is 4.98 Å². The minimum atomic E-state index is 0.353. The molecule has 1 aliphatic rings. The molecule has 3 nitrogen and oxygen atoms in total. The minimum Gasteiger partial charge on any atom is -0.367 e. The smallest absolute Gasteiger partial charge is 0.137 e. The van der Waals surface area contributed by atoms with E-state index in [-0.39, 0.29) is 0 Å². The molecule has 0 spiro atoms. The van der Waals surface area contributed by atoms with Crippen LogP contribution in [0, 0.1) is 0 Å². The van der Waals surface area contributed by atoms with E-state index in [1.165, 1.54) is 32.1 Å². The highest BCUT2D eigenvalue weighted by Gasteiger charge is 2.16. The van der Waals surface area contributed by atoms with Gasteiger partial charge in [0.25, 0.3) is 0 Å². The topological polar surface area (TPSA) is 37.8 Å². The highest BCUT2D eigenvalue weighted by Crippen LogP contribution is 2.26. The molecule has 2 aromatic rings. The van der Waals surface area contributed by atoms with Crippen molar-refractivity contribution in [2.24, 2.45) is 0 Å². The molecule has 1 aromatic carbocycles. The standard InChI is InChI=1S/C17H23N3/c1-12(2)16-19-15-11-7-6-10-14(15)17(20-16)18-13-8-4-3-5-9-13/h6-7,10-13H,3-5,8-9H2,1-2H3,(H,18,19,20). The van der Waals surface area contributed by atoms with Gasteiger partial charge >= 0.3 is 0 Å². The molecular weight excluding hydrogens is 246 g/mol. The first kappa shape index (κ1) is 13.3. The molecule has 1 aliphatic carbocycles. The van der Waals surface area contributed by atoms with E-state index in [2.05, 4.69) is 42.3 Å². The molecule has 0 aliphatic heterocycles. The van der Waals surface area contributed by atoms with Crippen LogP contribution in [0.3, 0.4) is 0 Å². The van der Waals surface area contributed by atoms with Crippen molar-refractivity contribution in [2.75, 3.05) is 5.32 Å². The van der Waals surface area contributed by atoms with Gasteiger partial charge < -0.3 is 5.32 Å². The van der Waals surface area contributed by atoms with Crippen molar-refractivity contribution in [3.63, 3.8) is 0 Å². The number of aromatic nitrogens is 2. The Labute approximate surface area is 120 Å². The molecule has 0 amide bonds. The van der Waals surface area contributed by atoms with Crippen LogP contribution < -0.4 is 5.32 Å². The molecule has 1 N–H and O–H groups in total. The maximum Gasteiger partial charge on any atom is 0.137 e. The first-order valence-electron chi connectivity index (χ1n) is 7.77. The van der Waals surface area contributed by atoms with Gasteiger partial charge in [-0.2, -0.15) is 0 Å². The normalized spacial score (nSPS) is 16.8. The SMILES string of the molecule is CC(C)c1nc(NC2CCCCC2)c2ccccc2n1. The van der Waals surface area contributed by atoms with Gasteiger partial charge in [0.05, 0.1) is 5.52 Å². The lowest BCUT2D eigenvalue weighted by Gasteiger charge is -2.24. The number of benzene rings is 1. The lowest BCUT2D eigenvalue weighted by molar-refractivity contribution is 0.462. The number of hydrogen-bond acceptors (Lipinski definition) is 3. The summed E-state index contributed by atoms with van der Waals surface area (Å²) in [4.78, 5) is 9.45. The highest BCUT2D eigenvalue weighted by molar-refractivity contribution is 5.89. The largest absolute Gasteiger partial charge is 0.367 e. The zero-order valence-electron chi connectivity index (χ0n) is 12.4. The lowest BCUT2D eigenvalue weighted by Crippen LogP contribution is -2.23. The van der Waals surface area contributed by atoms with Crippen LogP contribution in [0.15, 0.2) is 24.3 Å². The van der Waals surface area contributed by atoms with Crippen LogP contribution in [0.25, 0.3) is 10.9 Å². The van der Waals surface area contributed by atoms with Gasteiger partial charge in [-0.15, -0.1) is 0 Å². The van der Waals surface area contributed by atoms with Crippen LogP contribution in [0.1, 0.15) is 57.7 Å². The average molecular weight is 269 g/mol. The predicted octanol–water partition coefficient (Wildman–Crippen LogP) is 4.50. The molecular formula is C17H23N3. The maximum atomic E-state index is 4.77. The minimum absolute atomic E-state index is 0.353. The quantitative estimate of drug-likeness (QED) is 0.891. The number of nitrogens with zero attached hydrogens (tertiary/aromatic N) is 2. The first-order chi connectivity index (χ1) is 9.74. The van der Waals surface area contributed by atoms with Gasteiger partial charge in [0, 0.05) is 17.3 Å². The van der Waals surface area contributed by atoms with Crippen LogP contribution in [0.5, 0.6) is 0 Å². The Kier molecular flexibility index (Phi) is 3.86. The third-order valence-corrected chi connectivity index (χ3v) is 4.08. The molecule has 1 heterocycles. The number of nitrogens with one attached hydrogen (secondary N) is 1. The Bertz CT molecular complexity index is 586. The van der Waals surface area contributed by atoms with Gasteiger partial charge in [-0.1, -0.05) is 45.2 Å². The lowest BCUT2D eigenvalue weighted by atomic mass is 9.95. The molecule has 0 saturated heterocycles. The summed E-state index contributed by atoms with van der Waals surface area (Å²) in [6, 6.07) is 8.87. The van der Waals surface area contributed by atoms with Crippen LogP contribution >= 0.6 is 0 Å². The summed E-state index contributed by atoms with van der Waals surface area (Å²) in [6.07, 6.45) is 6.56. The predicted molar refractivity (Wildman–Crippen MR) is 84.1 cm³/mol. The average Bonchev–Trinajstić information content (AvgIpc) is 2.48. The van der Waals surface area contributed by atoms with Crippen LogP contribution in [0.2, 0.25) is 0 Å². The Balaban J connectivity index is 1.98. The van der Waals surface area contributed by atoms with Crippen molar-refractivity contribution in [1.29, 1.82) is 0 Å². The maximum absolute atomic E-state index is 4.77. The van der Waals surface area contributed by atoms with E-state index in [1.807, 2.05) is 6.07 Å². The van der Waals surface area contributed by atoms with Gasteiger partial charge in [0.1, 0.15) is 11.6 Å². The fraction of sp³-hybridized carbons (Fsp3) is 0.529. The second-order valence-electron chi connectivity index (χ2n) is 6.08. The summed E-state index contributed by atoms with van der Waals surface area (Å²) in [5.41, 5.74) is 1.05. The van der Waals surface area contributed by atoms with Crippen LogP contribution in [-0.2, 0) is 0 Å². The van der Waals surface area contributed by atoms with Crippen molar-refractivity contribution in [2.45, 2.75) is 57.9 Å².